The number of aromatic nitrogens is 1. The predicted molar refractivity (Wildman–Crippen MR) is 117 cm³/mol. The van der Waals surface area contributed by atoms with Crippen molar-refractivity contribution >= 4 is 18.0 Å². The van der Waals surface area contributed by atoms with Crippen molar-refractivity contribution in [3.8, 4) is 0 Å². The molecule has 3 heterocycles. The first kappa shape index (κ1) is 21.9. The van der Waals surface area contributed by atoms with Crippen molar-refractivity contribution in [1.82, 2.24) is 20.1 Å². The summed E-state index contributed by atoms with van der Waals surface area (Å²) in [6.07, 6.45) is 5.93. The molecule has 1 N–H and O–H groups in total. The molecule has 2 saturated heterocycles. The molecular weight excluding hydrogens is 414 g/mol. The van der Waals surface area contributed by atoms with Gasteiger partial charge in [0, 0.05) is 44.0 Å². The number of pyridine rings is 1. The molecule has 0 unspecified atom stereocenters. The Labute approximate surface area is 185 Å². The van der Waals surface area contributed by atoms with Crippen molar-refractivity contribution in [3.63, 3.8) is 0 Å². The van der Waals surface area contributed by atoms with Crippen LogP contribution in [-0.4, -0.2) is 58.9 Å². The molecular formula is C24H26F2N4O2. The third kappa shape index (κ3) is 5.30. The lowest BCUT2D eigenvalue weighted by atomic mass is 10.0. The maximum Gasteiger partial charge on any atom is 0.317 e. The Kier molecular flexibility index (Phi) is 6.78. The van der Waals surface area contributed by atoms with E-state index >= 15 is 0 Å². The predicted octanol–water partition coefficient (Wildman–Crippen LogP) is 3.85. The summed E-state index contributed by atoms with van der Waals surface area (Å²) in [5.74, 6) is -1.00. The Balaban J connectivity index is 1.24. The first-order valence-corrected chi connectivity index (χ1v) is 10.9. The summed E-state index contributed by atoms with van der Waals surface area (Å²) in [7, 11) is 0. The maximum absolute atomic E-state index is 13.9. The van der Waals surface area contributed by atoms with Gasteiger partial charge in [0.15, 0.2) is 0 Å². The Bertz CT molecular complexity index is 994. The van der Waals surface area contributed by atoms with Gasteiger partial charge in [-0.05, 0) is 56.0 Å². The molecule has 8 heteroatoms. The molecule has 0 atom stereocenters. The number of hydrogen-bond acceptors (Lipinski definition) is 3. The van der Waals surface area contributed by atoms with E-state index < -0.39 is 11.6 Å². The molecule has 2 fully saturated rings. The van der Waals surface area contributed by atoms with Crippen molar-refractivity contribution in [1.29, 1.82) is 0 Å². The van der Waals surface area contributed by atoms with Crippen molar-refractivity contribution in [3.05, 3.63) is 71.1 Å². The molecule has 4 rings (SSSR count). The molecule has 32 heavy (non-hydrogen) atoms. The molecule has 3 amide bonds. The number of carbonyl (C=O) groups is 2. The number of hydrogen-bond donors (Lipinski definition) is 1. The van der Waals surface area contributed by atoms with E-state index in [9.17, 15) is 18.4 Å². The molecule has 6 nitrogen and oxygen atoms in total. The smallest absolute Gasteiger partial charge is 0.317 e. The monoisotopic (exact) mass is 440 g/mol. The van der Waals surface area contributed by atoms with Crippen LogP contribution in [0.2, 0.25) is 0 Å². The summed E-state index contributed by atoms with van der Waals surface area (Å²) < 4.78 is 27.2. The van der Waals surface area contributed by atoms with Crippen LogP contribution in [0.5, 0.6) is 0 Å². The highest BCUT2D eigenvalue weighted by Gasteiger charge is 2.27. The second kappa shape index (κ2) is 9.89. The second-order valence-corrected chi connectivity index (χ2v) is 8.19. The average molecular weight is 440 g/mol. The number of benzene rings is 1. The number of amides is 3. The van der Waals surface area contributed by atoms with E-state index in [4.69, 9.17) is 0 Å². The number of nitrogens with zero attached hydrogens (tertiary/aromatic N) is 3. The zero-order valence-corrected chi connectivity index (χ0v) is 17.8. The molecule has 0 aliphatic carbocycles. The lowest BCUT2D eigenvalue weighted by Crippen LogP contribution is -2.51. The first-order valence-electron chi connectivity index (χ1n) is 10.9. The Morgan fingerprint density at radius 1 is 1.00 bits per heavy atom. The van der Waals surface area contributed by atoms with Gasteiger partial charge in [0.1, 0.15) is 17.3 Å². The van der Waals surface area contributed by atoms with Crippen molar-refractivity contribution in [2.24, 2.45) is 0 Å². The molecule has 0 saturated carbocycles. The zero-order chi connectivity index (χ0) is 22.5. The van der Waals surface area contributed by atoms with Gasteiger partial charge in [-0.2, -0.15) is 0 Å². The van der Waals surface area contributed by atoms with Crippen LogP contribution in [0.25, 0.3) is 6.08 Å². The molecule has 2 aromatic rings. The largest absolute Gasteiger partial charge is 0.337 e. The minimum Gasteiger partial charge on any atom is -0.337 e. The number of carbonyl (C=O) groups excluding carboxylic acids is 2. The highest BCUT2D eigenvalue weighted by Crippen LogP contribution is 2.22. The van der Waals surface area contributed by atoms with Crippen molar-refractivity contribution in [2.75, 3.05) is 26.2 Å². The summed E-state index contributed by atoms with van der Waals surface area (Å²) in [5, 5.41) is 3.07. The first-order chi connectivity index (χ1) is 15.5. The number of halogens is 2. The van der Waals surface area contributed by atoms with Crippen LogP contribution in [-0.2, 0) is 0 Å². The van der Waals surface area contributed by atoms with Crippen LogP contribution >= 0.6 is 0 Å². The maximum atomic E-state index is 13.9. The standard InChI is InChI=1S/C24H26F2N4O2/c25-19-4-5-21(26)18(16-19)15-17-6-11-30(12-7-17)24(32)28-20-8-13-29(14-9-20)23(31)22-3-1-2-10-27-22/h1-5,10,15-16,20H,6-9,11-14H2,(H,28,32). The van der Waals surface area contributed by atoms with E-state index in [2.05, 4.69) is 10.3 Å². The van der Waals surface area contributed by atoms with Crippen LogP contribution < -0.4 is 5.32 Å². The van der Waals surface area contributed by atoms with Gasteiger partial charge in [-0.15, -0.1) is 0 Å². The van der Waals surface area contributed by atoms with E-state index in [0.29, 0.717) is 57.6 Å². The molecule has 2 aliphatic rings. The van der Waals surface area contributed by atoms with Crippen LogP contribution in [0, 0.1) is 11.6 Å². The summed E-state index contributed by atoms with van der Waals surface area (Å²) in [6, 6.07) is 8.59. The average Bonchev–Trinajstić information content (AvgIpc) is 2.82. The molecule has 0 spiro atoms. The second-order valence-electron chi connectivity index (χ2n) is 8.19. The number of likely N-dealkylation sites (tertiary alicyclic amines) is 2. The molecule has 0 bridgehead atoms. The van der Waals surface area contributed by atoms with Crippen molar-refractivity contribution < 1.29 is 18.4 Å². The van der Waals surface area contributed by atoms with E-state index in [0.717, 1.165) is 17.7 Å². The van der Waals surface area contributed by atoms with E-state index in [-0.39, 0.29) is 23.5 Å². The van der Waals surface area contributed by atoms with Gasteiger partial charge in [0.25, 0.3) is 5.91 Å². The van der Waals surface area contributed by atoms with Crippen LogP contribution in [0.4, 0.5) is 13.6 Å². The normalized spacial score (nSPS) is 17.2. The van der Waals surface area contributed by atoms with Gasteiger partial charge in [-0.1, -0.05) is 17.7 Å². The Hall–Kier alpha value is -3.29. The summed E-state index contributed by atoms with van der Waals surface area (Å²) in [6.45, 7) is 2.22. The number of nitrogens with one attached hydrogen (secondary N) is 1. The number of piperidine rings is 2. The van der Waals surface area contributed by atoms with Gasteiger partial charge in [-0.25, -0.2) is 13.6 Å². The number of urea groups is 1. The fourth-order valence-corrected chi connectivity index (χ4v) is 4.13. The minimum atomic E-state index is -0.470. The van der Waals surface area contributed by atoms with Crippen LogP contribution in [0.1, 0.15) is 41.7 Å². The zero-order valence-electron chi connectivity index (χ0n) is 17.8. The lowest BCUT2D eigenvalue weighted by Gasteiger charge is -2.35. The fourth-order valence-electron chi connectivity index (χ4n) is 4.13. The fraction of sp³-hybridized carbons (Fsp3) is 0.375. The Morgan fingerprint density at radius 3 is 2.44 bits per heavy atom. The van der Waals surface area contributed by atoms with E-state index in [1.165, 1.54) is 6.07 Å². The topological polar surface area (TPSA) is 65.5 Å². The van der Waals surface area contributed by atoms with Crippen LogP contribution in [0.3, 0.4) is 0 Å². The highest BCUT2D eigenvalue weighted by molar-refractivity contribution is 5.92. The van der Waals surface area contributed by atoms with E-state index in [1.54, 1.807) is 40.3 Å². The van der Waals surface area contributed by atoms with Gasteiger partial charge < -0.3 is 15.1 Å². The summed E-state index contributed by atoms with van der Waals surface area (Å²) in [5.41, 5.74) is 1.68. The van der Waals surface area contributed by atoms with Crippen LogP contribution in [0.15, 0.2) is 48.2 Å². The molecule has 0 radical (unpaired) electrons. The van der Waals surface area contributed by atoms with E-state index in [1.807, 2.05) is 0 Å². The van der Waals surface area contributed by atoms with Gasteiger partial charge in [-0.3, -0.25) is 9.78 Å². The molecule has 1 aromatic carbocycles. The summed E-state index contributed by atoms with van der Waals surface area (Å²) >= 11 is 0. The van der Waals surface area contributed by atoms with Crippen molar-refractivity contribution in [2.45, 2.75) is 31.7 Å². The number of rotatable bonds is 3. The highest BCUT2D eigenvalue weighted by atomic mass is 19.1. The van der Waals surface area contributed by atoms with Gasteiger partial charge >= 0.3 is 6.03 Å². The quantitative estimate of drug-likeness (QED) is 0.789. The third-order valence-electron chi connectivity index (χ3n) is 6.00. The van der Waals surface area contributed by atoms with Gasteiger partial charge in [0.05, 0.1) is 0 Å². The molecule has 1 aromatic heterocycles. The molecule has 168 valence electrons. The molecule has 2 aliphatic heterocycles. The Morgan fingerprint density at radius 2 is 1.75 bits per heavy atom. The summed E-state index contributed by atoms with van der Waals surface area (Å²) in [4.78, 5) is 32.8. The SMILES string of the molecule is O=C(NC1CCN(C(=O)c2ccccn2)CC1)N1CCC(=Cc2cc(F)ccc2F)CC1. The third-order valence-corrected chi connectivity index (χ3v) is 6.00. The van der Waals surface area contributed by atoms with Gasteiger partial charge in [0.2, 0.25) is 0 Å². The lowest BCUT2D eigenvalue weighted by molar-refractivity contribution is 0.0700. The minimum absolute atomic E-state index is 0.0219.